The number of rotatable bonds is 2. The molecule has 0 aliphatic heterocycles. The van der Waals surface area contributed by atoms with Gasteiger partial charge >= 0.3 is 6.03 Å². The molecule has 1 fully saturated rings. The van der Waals surface area contributed by atoms with Crippen LogP contribution < -0.4 is 5.32 Å². The Morgan fingerprint density at radius 1 is 1.35 bits per heavy atom. The second-order valence-electron chi connectivity index (χ2n) is 4.96. The van der Waals surface area contributed by atoms with Gasteiger partial charge in [-0.05, 0) is 25.7 Å². The minimum absolute atomic E-state index is 0.0701. The van der Waals surface area contributed by atoms with Gasteiger partial charge in [-0.1, -0.05) is 25.7 Å². The quantitative estimate of drug-likeness (QED) is 0.801. The number of amides is 1. The van der Waals surface area contributed by atoms with Gasteiger partial charge in [-0.15, -0.1) is 0 Å². The predicted octanol–water partition coefficient (Wildman–Crippen LogP) is 2.80. The van der Waals surface area contributed by atoms with E-state index in [-0.39, 0.29) is 12.1 Å². The van der Waals surface area contributed by atoms with Gasteiger partial charge in [-0.2, -0.15) is 0 Å². The largest absolute Gasteiger partial charge is 0.335 e. The van der Waals surface area contributed by atoms with E-state index in [1.807, 2.05) is 0 Å². The average molecular weight is 235 g/mol. The van der Waals surface area contributed by atoms with Crippen LogP contribution in [0, 0.1) is 5.92 Å². The molecular weight excluding hydrogens is 214 g/mol. The van der Waals surface area contributed by atoms with Crippen LogP contribution in [0.5, 0.6) is 0 Å². The third kappa shape index (κ3) is 3.32. The number of carbonyl (C=O) groups is 1. The second kappa shape index (κ2) is 5.84. The summed E-state index contributed by atoms with van der Waals surface area (Å²) in [6.07, 6.45) is 12.6. The Morgan fingerprint density at radius 2 is 2.06 bits per heavy atom. The molecule has 0 saturated heterocycles. The van der Waals surface area contributed by atoms with E-state index in [9.17, 15) is 4.79 Å². The molecule has 1 aromatic heterocycles. The molecule has 94 valence electrons. The van der Waals surface area contributed by atoms with Crippen molar-refractivity contribution < 1.29 is 4.79 Å². The van der Waals surface area contributed by atoms with Crippen molar-refractivity contribution in [2.45, 2.75) is 51.5 Å². The van der Waals surface area contributed by atoms with Crippen LogP contribution in [0.1, 0.15) is 45.4 Å². The molecule has 4 heteroatoms. The Balaban J connectivity index is 1.87. The van der Waals surface area contributed by atoms with E-state index < -0.39 is 0 Å². The first-order valence-corrected chi connectivity index (χ1v) is 6.56. The Hall–Kier alpha value is -1.32. The number of hydrogen-bond acceptors (Lipinski definition) is 2. The smallest absolute Gasteiger partial charge is 0.327 e. The fraction of sp³-hybridized carbons (Fsp3) is 0.692. The molecule has 1 atom stereocenters. The van der Waals surface area contributed by atoms with Gasteiger partial charge in [0.2, 0.25) is 0 Å². The van der Waals surface area contributed by atoms with Crippen molar-refractivity contribution >= 4 is 6.03 Å². The molecule has 0 aromatic carbocycles. The number of imidazole rings is 1. The molecule has 1 heterocycles. The number of nitrogens with zero attached hydrogens (tertiary/aromatic N) is 2. The molecule has 1 N–H and O–H groups in total. The van der Waals surface area contributed by atoms with Gasteiger partial charge in [-0.3, -0.25) is 4.57 Å². The summed E-state index contributed by atoms with van der Waals surface area (Å²) in [7, 11) is 0. The summed E-state index contributed by atoms with van der Waals surface area (Å²) >= 11 is 0. The normalized spacial score (nSPS) is 19.6. The van der Waals surface area contributed by atoms with E-state index in [1.165, 1.54) is 49.4 Å². The van der Waals surface area contributed by atoms with Crippen molar-refractivity contribution in [3.8, 4) is 0 Å². The third-order valence-electron chi connectivity index (χ3n) is 3.70. The van der Waals surface area contributed by atoms with Crippen molar-refractivity contribution in [3.05, 3.63) is 18.7 Å². The topological polar surface area (TPSA) is 46.9 Å². The summed E-state index contributed by atoms with van der Waals surface area (Å²) in [6, 6.07) is 0.183. The van der Waals surface area contributed by atoms with E-state index >= 15 is 0 Å². The first kappa shape index (κ1) is 12.1. The van der Waals surface area contributed by atoms with Crippen molar-refractivity contribution in [2.24, 2.45) is 5.92 Å². The van der Waals surface area contributed by atoms with Crippen molar-refractivity contribution in [2.75, 3.05) is 0 Å². The van der Waals surface area contributed by atoms with Crippen LogP contribution in [-0.4, -0.2) is 21.6 Å². The monoisotopic (exact) mass is 235 g/mol. The van der Waals surface area contributed by atoms with Crippen LogP contribution in [0.2, 0.25) is 0 Å². The molecule has 4 nitrogen and oxygen atoms in total. The summed E-state index contributed by atoms with van der Waals surface area (Å²) in [5.74, 6) is 0.630. The predicted molar refractivity (Wildman–Crippen MR) is 66.8 cm³/mol. The molecule has 1 aliphatic carbocycles. The zero-order valence-corrected chi connectivity index (χ0v) is 10.4. The second-order valence-corrected chi connectivity index (χ2v) is 4.96. The molecule has 1 aromatic rings. The van der Waals surface area contributed by atoms with Crippen LogP contribution in [-0.2, 0) is 0 Å². The number of hydrogen-bond donors (Lipinski definition) is 1. The van der Waals surface area contributed by atoms with Crippen molar-refractivity contribution in [3.63, 3.8) is 0 Å². The lowest BCUT2D eigenvalue weighted by Gasteiger charge is -2.23. The fourth-order valence-electron chi connectivity index (χ4n) is 2.58. The summed E-state index contributed by atoms with van der Waals surface area (Å²) in [5.41, 5.74) is 0. The molecular formula is C13H21N3O. The standard InChI is InChI=1S/C13H21N3O/c1-11(12-6-4-2-3-5-7-12)15-13(17)16-9-8-14-10-16/h8-12H,2-7H2,1H3,(H,15,17)/t11-/m1/s1. The minimum atomic E-state index is -0.0701. The molecule has 0 radical (unpaired) electrons. The highest BCUT2D eigenvalue weighted by molar-refractivity contribution is 5.76. The molecule has 17 heavy (non-hydrogen) atoms. The minimum Gasteiger partial charge on any atom is -0.335 e. The highest BCUT2D eigenvalue weighted by Crippen LogP contribution is 2.25. The summed E-state index contributed by atoms with van der Waals surface area (Å²) in [6.45, 7) is 2.12. The summed E-state index contributed by atoms with van der Waals surface area (Å²) in [4.78, 5) is 15.7. The molecule has 1 amide bonds. The van der Waals surface area contributed by atoms with Crippen LogP contribution >= 0.6 is 0 Å². The summed E-state index contributed by atoms with van der Waals surface area (Å²) < 4.78 is 1.49. The van der Waals surface area contributed by atoms with Gasteiger partial charge in [0.1, 0.15) is 6.33 Å². The maximum atomic E-state index is 11.9. The van der Waals surface area contributed by atoms with Crippen molar-refractivity contribution in [1.29, 1.82) is 0 Å². The van der Waals surface area contributed by atoms with Gasteiger partial charge in [0.25, 0.3) is 0 Å². The number of aromatic nitrogens is 2. The summed E-state index contributed by atoms with van der Waals surface area (Å²) in [5, 5.41) is 3.06. The molecule has 1 aliphatic rings. The molecule has 0 spiro atoms. The highest BCUT2D eigenvalue weighted by atomic mass is 16.2. The van der Waals surface area contributed by atoms with Gasteiger partial charge in [0, 0.05) is 18.4 Å². The average Bonchev–Trinajstić information content (AvgIpc) is 2.71. The van der Waals surface area contributed by atoms with E-state index in [1.54, 1.807) is 12.4 Å². The van der Waals surface area contributed by atoms with E-state index in [2.05, 4.69) is 17.2 Å². The first-order chi connectivity index (χ1) is 8.27. The maximum Gasteiger partial charge on any atom is 0.327 e. The molecule has 2 rings (SSSR count). The highest BCUT2D eigenvalue weighted by Gasteiger charge is 2.20. The lowest BCUT2D eigenvalue weighted by Crippen LogP contribution is -2.40. The number of nitrogens with one attached hydrogen (secondary N) is 1. The van der Waals surface area contributed by atoms with E-state index in [0.717, 1.165) is 0 Å². The lowest BCUT2D eigenvalue weighted by atomic mass is 9.93. The fourth-order valence-corrected chi connectivity index (χ4v) is 2.58. The van der Waals surface area contributed by atoms with Crippen LogP contribution in [0.25, 0.3) is 0 Å². The Morgan fingerprint density at radius 3 is 2.65 bits per heavy atom. The Labute approximate surface area is 102 Å². The SMILES string of the molecule is C[C@@H](NC(=O)n1ccnc1)C1CCCCCC1. The maximum absolute atomic E-state index is 11.9. The Kier molecular flexibility index (Phi) is 4.18. The van der Waals surface area contributed by atoms with Gasteiger partial charge < -0.3 is 5.32 Å². The van der Waals surface area contributed by atoms with Crippen LogP contribution in [0.4, 0.5) is 4.79 Å². The van der Waals surface area contributed by atoms with Gasteiger partial charge in [-0.25, -0.2) is 9.78 Å². The number of carbonyl (C=O) groups excluding carboxylic acids is 1. The third-order valence-corrected chi connectivity index (χ3v) is 3.70. The van der Waals surface area contributed by atoms with Crippen LogP contribution in [0.15, 0.2) is 18.7 Å². The van der Waals surface area contributed by atoms with E-state index in [0.29, 0.717) is 5.92 Å². The van der Waals surface area contributed by atoms with Crippen LogP contribution in [0.3, 0.4) is 0 Å². The first-order valence-electron chi connectivity index (χ1n) is 6.56. The van der Waals surface area contributed by atoms with Crippen molar-refractivity contribution in [1.82, 2.24) is 14.9 Å². The zero-order valence-electron chi connectivity index (χ0n) is 10.4. The molecule has 1 saturated carbocycles. The van der Waals surface area contributed by atoms with Gasteiger partial charge in [0.05, 0.1) is 0 Å². The Bertz CT molecular complexity index is 340. The zero-order chi connectivity index (χ0) is 12.1. The van der Waals surface area contributed by atoms with E-state index in [4.69, 9.17) is 0 Å². The molecule has 0 unspecified atom stereocenters. The van der Waals surface area contributed by atoms with Gasteiger partial charge in [0.15, 0.2) is 0 Å². The lowest BCUT2D eigenvalue weighted by molar-refractivity contribution is 0.232. The molecule has 0 bridgehead atoms.